The Labute approximate surface area is 128 Å². The molecule has 2 heterocycles. The Morgan fingerprint density at radius 1 is 1.23 bits per heavy atom. The minimum absolute atomic E-state index is 0.0647. The average molecular weight is 305 g/mol. The van der Waals surface area contributed by atoms with Crippen LogP contribution >= 0.6 is 0 Å². The van der Waals surface area contributed by atoms with Crippen LogP contribution in [0.2, 0.25) is 0 Å². The van der Waals surface area contributed by atoms with E-state index in [1.54, 1.807) is 17.0 Å². The molecule has 1 atom stereocenters. The Balaban J connectivity index is 1.66. The molecule has 1 saturated heterocycles. The topological polar surface area (TPSA) is 86.9 Å². The number of non-ortho nitro benzene ring substituents is 1. The van der Waals surface area contributed by atoms with E-state index in [1.807, 2.05) is 4.90 Å². The molecule has 7 heteroatoms. The highest BCUT2D eigenvalue weighted by atomic mass is 16.6. The van der Waals surface area contributed by atoms with Crippen molar-refractivity contribution < 1.29 is 14.8 Å². The van der Waals surface area contributed by atoms with E-state index in [-0.39, 0.29) is 11.6 Å². The standard InChI is InChI=1S/C15H19N3O4/c19-13(10-17-6-1-2-15(17)20)9-16-7-5-11-3-4-12(18(21)22)8-14(11)16/h3-4,8,13,19H,1-2,5-7,9-10H2. The predicted molar refractivity (Wildman–Crippen MR) is 80.8 cm³/mol. The molecule has 0 radical (unpaired) electrons. The predicted octanol–water partition coefficient (Wildman–Crippen LogP) is 0.941. The summed E-state index contributed by atoms with van der Waals surface area (Å²) >= 11 is 0. The molecule has 0 aromatic heterocycles. The number of benzene rings is 1. The molecule has 1 amide bonds. The van der Waals surface area contributed by atoms with E-state index in [0.717, 1.165) is 30.6 Å². The highest BCUT2D eigenvalue weighted by molar-refractivity contribution is 5.78. The van der Waals surface area contributed by atoms with E-state index < -0.39 is 11.0 Å². The van der Waals surface area contributed by atoms with E-state index in [1.165, 1.54) is 6.07 Å². The van der Waals surface area contributed by atoms with Crippen LogP contribution in [0.4, 0.5) is 11.4 Å². The number of rotatable bonds is 5. The first-order valence-electron chi connectivity index (χ1n) is 7.52. The zero-order chi connectivity index (χ0) is 15.7. The van der Waals surface area contributed by atoms with Crippen molar-refractivity contribution in [3.63, 3.8) is 0 Å². The molecule has 118 valence electrons. The fourth-order valence-corrected chi connectivity index (χ4v) is 3.20. The van der Waals surface area contributed by atoms with E-state index in [0.29, 0.717) is 26.1 Å². The number of aliphatic hydroxyl groups is 1. The summed E-state index contributed by atoms with van der Waals surface area (Å²) in [5.41, 5.74) is 1.95. The first-order valence-corrected chi connectivity index (χ1v) is 7.52. The Morgan fingerprint density at radius 3 is 2.68 bits per heavy atom. The molecule has 1 fully saturated rings. The van der Waals surface area contributed by atoms with Crippen molar-refractivity contribution in [2.75, 3.05) is 31.1 Å². The van der Waals surface area contributed by atoms with Gasteiger partial charge in [-0.15, -0.1) is 0 Å². The second-order valence-corrected chi connectivity index (χ2v) is 5.86. The number of carbonyl (C=O) groups excluding carboxylic acids is 1. The SMILES string of the molecule is O=C1CCCN1CC(O)CN1CCc2ccc([N+](=O)[O-])cc21. The lowest BCUT2D eigenvalue weighted by atomic mass is 10.1. The molecule has 1 aromatic rings. The molecule has 1 unspecified atom stereocenters. The lowest BCUT2D eigenvalue weighted by Crippen LogP contribution is -2.40. The van der Waals surface area contributed by atoms with Gasteiger partial charge in [-0.3, -0.25) is 14.9 Å². The van der Waals surface area contributed by atoms with Crippen molar-refractivity contribution in [1.82, 2.24) is 4.90 Å². The first kappa shape index (κ1) is 14.8. The molecule has 1 aromatic carbocycles. The van der Waals surface area contributed by atoms with Crippen molar-refractivity contribution >= 4 is 17.3 Å². The van der Waals surface area contributed by atoms with Crippen LogP contribution in [0, 0.1) is 10.1 Å². The third kappa shape index (κ3) is 2.89. The largest absolute Gasteiger partial charge is 0.389 e. The Morgan fingerprint density at radius 2 is 2.00 bits per heavy atom. The number of likely N-dealkylation sites (tertiary alicyclic amines) is 1. The number of fused-ring (bicyclic) bond motifs is 1. The Hall–Kier alpha value is -2.15. The summed E-state index contributed by atoms with van der Waals surface area (Å²) in [5.74, 6) is 0.0940. The molecule has 7 nitrogen and oxygen atoms in total. The molecule has 0 spiro atoms. The summed E-state index contributed by atoms with van der Waals surface area (Å²) < 4.78 is 0. The third-order valence-corrected chi connectivity index (χ3v) is 4.31. The molecule has 2 aliphatic rings. The lowest BCUT2D eigenvalue weighted by molar-refractivity contribution is -0.384. The van der Waals surface area contributed by atoms with Gasteiger partial charge in [0.05, 0.1) is 11.0 Å². The number of carbonyl (C=O) groups is 1. The molecule has 1 N–H and O–H groups in total. The van der Waals surface area contributed by atoms with Crippen molar-refractivity contribution in [2.45, 2.75) is 25.4 Å². The van der Waals surface area contributed by atoms with Crippen molar-refractivity contribution in [3.05, 3.63) is 33.9 Å². The van der Waals surface area contributed by atoms with Gasteiger partial charge in [0.2, 0.25) is 5.91 Å². The summed E-state index contributed by atoms with van der Waals surface area (Å²) in [4.78, 5) is 25.7. The fraction of sp³-hybridized carbons (Fsp3) is 0.533. The van der Waals surface area contributed by atoms with Gasteiger partial charge in [-0.2, -0.15) is 0 Å². The number of nitro groups is 1. The van der Waals surface area contributed by atoms with Crippen molar-refractivity contribution in [3.8, 4) is 0 Å². The highest BCUT2D eigenvalue weighted by Crippen LogP contribution is 2.31. The highest BCUT2D eigenvalue weighted by Gasteiger charge is 2.27. The number of nitro benzene ring substituents is 1. The van der Waals surface area contributed by atoms with Crippen molar-refractivity contribution in [2.24, 2.45) is 0 Å². The van der Waals surface area contributed by atoms with Crippen molar-refractivity contribution in [1.29, 1.82) is 0 Å². The average Bonchev–Trinajstić information content (AvgIpc) is 3.06. The minimum atomic E-state index is -0.646. The number of β-amino-alcohol motifs (C(OH)–C–C–N with tert-alkyl or cyclic N) is 1. The molecule has 3 rings (SSSR count). The van der Waals surface area contributed by atoms with Crippen LogP contribution in [0.15, 0.2) is 18.2 Å². The first-order chi connectivity index (χ1) is 10.5. The van der Waals surface area contributed by atoms with Crippen LogP contribution in [0.3, 0.4) is 0 Å². The van der Waals surface area contributed by atoms with Gasteiger partial charge in [-0.1, -0.05) is 6.07 Å². The van der Waals surface area contributed by atoms with Gasteiger partial charge in [0.15, 0.2) is 0 Å². The summed E-state index contributed by atoms with van der Waals surface area (Å²) in [5, 5.41) is 21.1. The van der Waals surface area contributed by atoms with Gasteiger partial charge >= 0.3 is 0 Å². The van der Waals surface area contributed by atoms with Crippen LogP contribution in [0.1, 0.15) is 18.4 Å². The maximum atomic E-state index is 11.6. The molecule has 22 heavy (non-hydrogen) atoms. The Kier molecular flexibility index (Phi) is 3.98. The molecule has 0 saturated carbocycles. The second kappa shape index (κ2) is 5.92. The number of hydrogen-bond acceptors (Lipinski definition) is 5. The molecular weight excluding hydrogens is 286 g/mol. The van der Waals surface area contributed by atoms with Gasteiger partial charge in [-0.05, 0) is 18.4 Å². The molecular formula is C15H19N3O4. The van der Waals surface area contributed by atoms with Gasteiger partial charge in [-0.25, -0.2) is 0 Å². The summed E-state index contributed by atoms with van der Waals surface area (Å²) in [6.45, 7) is 2.16. The van der Waals surface area contributed by atoms with E-state index in [4.69, 9.17) is 0 Å². The van der Waals surface area contributed by atoms with Gasteiger partial charge < -0.3 is 14.9 Å². The van der Waals surface area contributed by atoms with Crippen LogP contribution in [-0.2, 0) is 11.2 Å². The summed E-state index contributed by atoms with van der Waals surface area (Å²) in [6, 6.07) is 4.86. The van der Waals surface area contributed by atoms with Gasteiger partial charge in [0.25, 0.3) is 5.69 Å². The summed E-state index contributed by atoms with van der Waals surface area (Å²) in [6.07, 6.45) is 1.59. The van der Waals surface area contributed by atoms with Crippen LogP contribution in [-0.4, -0.2) is 53.1 Å². The number of anilines is 1. The van der Waals surface area contributed by atoms with Crippen LogP contribution in [0.5, 0.6) is 0 Å². The number of aliphatic hydroxyl groups excluding tert-OH is 1. The van der Waals surface area contributed by atoms with E-state index in [2.05, 4.69) is 0 Å². The molecule has 0 aliphatic carbocycles. The minimum Gasteiger partial charge on any atom is -0.389 e. The van der Waals surface area contributed by atoms with Crippen LogP contribution < -0.4 is 4.90 Å². The maximum Gasteiger partial charge on any atom is 0.271 e. The number of amides is 1. The van der Waals surface area contributed by atoms with E-state index in [9.17, 15) is 20.0 Å². The number of nitrogens with zero attached hydrogens (tertiary/aromatic N) is 3. The fourth-order valence-electron chi connectivity index (χ4n) is 3.20. The van der Waals surface area contributed by atoms with E-state index >= 15 is 0 Å². The van der Waals surface area contributed by atoms with Crippen LogP contribution in [0.25, 0.3) is 0 Å². The maximum absolute atomic E-state index is 11.6. The van der Waals surface area contributed by atoms with Gasteiger partial charge in [0.1, 0.15) is 0 Å². The number of hydrogen-bond donors (Lipinski definition) is 1. The monoisotopic (exact) mass is 305 g/mol. The Bertz CT molecular complexity index is 604. The zero-order valence-corrected chi connectivity index (χ0v) is 12.3. The second-order valence-electron chi connectivity index (χ2n) is 5.86. The zero-order valence-electron chi connectivity index (χ0n) is 12.3. The smallest absolute Gasteiger partial charge is 0.271 e. The summed E-state index contributed by atoms with van der Waals surface area (Å²) in [7, 11) is 0. The molecule has 2 aliphatic heterocycles. The normalized spacial score (nSPS) is 18.7. The lowest BCUT2D eigenvalue weighted by Gasteiger charge is -2.26. The third-order valence-electron chi connectivity index (χ3n) is 4.31. The van der Waals surface area contributed by atoms with Gasteiger partial charge in [0, 0.05) is 50.4 Å². The molecule has 0 bridgehead atoms. The quantitative estimate of drug-likeness (QED) is 0.646.